The van der Waals surface area contributed by atoms with Crippen LogP contribution in [0.25, 0.3) is 0 Å². The van der Waals surface area contributed by atoms with Crippen molar-refractivity contribution >= 4 is 66.9 Å². The Morgan fingerprint density at radius 2 is 0.939 bits per heavy atom. The summed E-state index contributed by atoms with van der Waals surface area (Å²) in [4.78, 5) is 52.0. The van der Waals surface area contributed by atoms with Crippen LogP contribution in [0.3, 0.4) is 0 Å². The summed E-state index contributed by atoms with van der Waals surface area (Å²) in [7, 11) is 1.45. The number of hydrogen-bond acceptors (Lipinski definition) is 11. The second-order valence-corrected chi connectivity index (χ2v) is 19.1. The summed E-state index contributed by atoms with van der Waals surface area (Å²) in [6.07, 6.45) is 1.47. The summed E-state index contributed by atoms with van der Waals surface area (Å²) >= 11 is 1.74. The molecule has 0 aliphatic carbocycles. The first-order valence-corrected chi connectivity index (χ1v) is 24.9. The molecular formula is C49H53ClN4O10S2. The summed E-state index contributed by atoms with van der Waals surface area (Å²) in [6.45, 7) is 2.21. The SMILES string of the molecule is O=C(N[C@@H](Cc1ccccc1)C(=O)Nc1ccc(S(=O)(=O)Cl)cc1)OC1CCOCC1.O=C(N[C@@H](Cc1ccccc1)C(=O)Nc1ccc(SCc2ccccc2)cc1)OC1CCOCC1. The van der Waals surface area contributed by atoms with Gasteiger partial charge in [-0.05, 0) is 65.2 Å². The highest BCUT2D eigenvalue weighted by atomic mass is 35.7. The molecule has 5 aromatic carbocycles. The van der Waals surface area contributed by atoms with Crippen molar-refractivity contribution in [2.24, 2.45) is 0 Å². The summed E-state index contributed by atoms with van der Waals surface area (Å²) in [5.41, 5.74) is 4.12. The van der Waals surface area contributed by atoms with Crippen LogP contribution in [0.1, 0.15) is 42.4 Å². The Kier molecular flexibility index (Phi) is 19.3. The van der Waals surface area contributed by atoms with Gasteiger partial charge in [0.05, 0.1) is 31.3 Å². The number of hydrogen-bond donors (Lipinski definition) is 4. The number of rotatable bonds is 16. The number of nitrogens with one attached hydrogen (secondary N) is 4. The van der Waals surface area contributed by atoms with E-state index < -0.39 is 39.2 Å². The monoisotopic (exact) mass is 956 g/mol. The molecular weight excluding hydrogens is 904 g/mol. The molecule has 5 aromatic rings. The van der Waals surface area contributed by atoms with Gasteiger partial charge in [0.2, 0.25) is 11.8 Å². The molecule has 0 saturated carbocycles. The van der Waals surface area contributed by atoms with Gasteiger partial charge in [0.15, 0.2) is 0 Å². The number of anilines is 2. The van der Waals surface area contributed by atoms with Gasteiger partial charge >= 0.3 is 12.2 Å². The molecule has 0 radical (unpaired) electrons. The Morgan fingerprint density at radius 1 is 0.561 bits per heavy atom. The molecule has 4 amide bonds. The highest BCUT2D eigenvalue weighted by Gasteiger charge is 2.27. The number of thioether (sulfide) groups is 1. The first-order chi connectivity index (χ1) is 32.0. The molecule has 2 atom stereocenters. The van der Waals surface area contributed by atoms with Gasteiger partial charge in [0, 0.05) is 71.2 Å². The van der Waals surface area contributed by atoms with Crippen LogP contribution in [0.15, 0.2) is 149 Å². The van der Waals surface area contributed by atoms with Crippen LogP contribution < -0.4 is 21.3 Å². The number of halogens is 1. The second-order valence-electron chi connectivity index (χ2n) is 15.4. The third-order valence-corrected chi connectivity index (χ3v) is 12.9. The number of carbonyl (C=O) groups excluding carboxylic acids is 4. The van der Waals surface area contributed by atoms with Crippen molar-refractivity contribution in [3.8, 4) is 0 Å². The van der Waals surface area contributed by atoms with Gasteiger partial charge in [0.1, 0.15) is 24.3 Å². The molecule has 14 nitrogen and oxygen atoms in total. The number of alkyl carbamates (subject to hydrolysis) is 2. The quantitative estimate of drug-likeness (QED) is 0.0549. The molecule has 2 aliphatic rings. The Hall–Kier alpha value is -5.91. The normalized spacial score (nSPS) is 15.1. The van der Waals surface area contributed by atoms with Crippen LogP contribution in [0.2, 0.25) is 0 Å². The minimum atomic E-state index is -3.86. The fourth-order valence-electron chi connectivity index (χ4n) is 6.90. The van der Waals surface area contributed by atoms with Crippen molar-refractivity contribution in [3.63, 3.8) is 0 Å². The van der Waals surface area contributed by atoms with Crippen molar-refractivity contribution in [1.29, 1.82) is 0 Å². The van der Waals surface area contributed by atoms with Gasteiger partial charge in [-0.25, -0.2) is 18.0 Å². The smallest absolute Gasteiger partial charge is 0.408 e. The van der Waals surface area contributed by atoms with Gasteiger partial charge in [-0.3, -0.25) is 9.59 Å². The predicted octanol–water partition coefficient (Wildman–Crippen LogP) is 8.50. The van der Waals surface area contributed by atoms with Crippen LogP contribution >= 0.6 is 22.4 Å². The van der Waals surface area contributed by atoms with Crippen LogP contribution in [0.5, 0.6) is 0 Å². The van der Waals surface area contributed by atoms with Gasteiger partial charge in [0.25, 0.3) is 9.05 Å². The highest BCUT2D eigenvalue weighted by molar-refractivity contribution is 8.13. The fourth-order valence-corrected chi connectivity index (χ4v) is 8.52. The Morgan fingerprint density at radius 3 is 1.33 bits per heavy atom. The molecule has 17 heteroatoms. The summed E-state index contributed by atoms with van der Waals surface area (Å²) < 4.78 is 44.3. The average molecular weight is 958 g/mol. The predicted molar refractivity (Wildman–Crippen MR) is 254 cm³/mol. The van der Waals surface area contributed by atoms with Gasteiger partial charge < -0.3 is 40.2 Å². The van der Waals surface area contributed by atoms with Crippen molar-refractivity contribution in [1.82, 2.24) is 10.6 Å². The molecule has 4 N–H and O–H groups in total. The molecule has 2 heterocycles. The van der Waals surface area contributed by atoms with E-state index in [9.17, 15) is 27.6 Å². The van der Waals surface area contributed by atoms with Gasteiger partial charge in [-0.2, -0.15) is 0 Å². The third-order valence-electron chi connectivity index (χ3n) is 10.4. The molecule has 2 saturated heterocycles. The lowest BCUT2D eigenvalue weighted by molar-refractivity contribution is -0.118. The maximum absolute atomic E-state index is 13.1. The van der Waals surface area contributed by atoms with Crippen molar-refractivity contribution in [3.05, 3.63) is 156 Å². The van der Waals surface area contributed by atoms with Crippen LogP contribution in [0.4, 0.5) is 21.0 Å². The summed E-state index contributed by atoms with van der Waals surface area (Å²) in [6, 6.07) is 40.7. The van der Waals surface area contributed by atoms with E-state index in [0.717, 1.165) is 21.8 Å². The van der Waals surface area contributed by atoms with E-state index in [-0.39, 0.29) is 29.4 Å². The van der Waals surface area contributed by atoms with E-state index in [1.807, 2.05) is 103 Å². The van der Waals surface area contributed by atoms with Crippen LogP contribution in [-0.4, -0.2) is 83.1 Å². The molecule has 2 fully saturated rings. The minimum Gasteiger partial charge on any atom is -0.446 e. The third kappa shape index (κ3) is 17.1. The number of carbonyl (C=O) groups is 4. The average Bonchev–Trinajstić information content (AvgIpc) is 3.32. The van der Waals surface area contributed by atoms with Gasteiger partial charge in [-0.15, -0.1) is 11.8 Å². The molecule has 7 rings (SSSR count). The minimum absolute atomic E-state index is 0.0776. The number of benzene rings is 5. The largest absolute Gasteiger partial charge is 0.446 e. The maximum Gasteiger partial charge on any atom is 0.408 e. The zero-order chi connectivity index (χ0) is 46.6. The lowest BCUT2D eigenvalue weighted by atomic mass is 10.1. The molecule has 66 heavy (non-hydrogen) atoms. The molecule has 0 unspecified atom stereocenters. The molecule has 348 valence electrons. The fraction of sp³-hybridized carbons (Fsp3) is 0.306. The zero-order valence-electron chi connectivity index (χ0n) is 36.1. The lowest BCUT2D eigenvalue weighted by Crippen LogP contribution is -2.46. The van der Waals surface area contributed by atoms with Crippen molar-refractivity contribution in [2.45, 2.75) is 78.4 Å². The first-order valence-electron chi connectivity index (χ1n) is 21.6. The first kappa shape index (κ1) is 49.5. The van der Waals surface area contributed by atoms with E-state index in [1.165, 1.54) is 29.8 Å². The Bertz CT molecular complexity index is 2410. The number of amides is 4. The van der Waals surface area contributed by atoms with Crippen molar-refractivity contribution in [2.75, 3.05) is 37.1 Å². The van der Waals surface area contributed by atoms with E-state index in [2.05, 4.69) is 33.4 Å². The Balaban J connectivity index is 0.000000220. The van der Waals surface area contributed by atoms with E-state index in [1.54, 1.807) is 11.8 Å². The van der Waals surface area contributed by atoms with E-state index in [4.69, 9.17) is 29.6 Å². The molecule has 0 bridgehead atoms. The standard InChI is InChI=1S/C28H30N2O4S.C21H23ClN2O6S/c31-27(29-23-11-13-25(14-12-23)35-20-22-9-5-2-6-10-22)26(19-21-7-3-1-4-8-21)30-28(32)34-24-15-17-33-18-16-24;22-31(27,28)18-8-6-16(7-9-18)23-20(25)19(14-15-4-2-1-3-5-15)24-21(26)30-17-10-12-29-13-11-17/h1-14,24,26H,15-20H2,(H,29,31)(H,30,32);1-9,17,19H,10-14H2,(H,23,25)(H,24,26)/t26-;19-/m00/s1. The van der Waals surface area contributed by atoms with E-state index >= 15 is 0 Å². The highest BCUT2D eigenvalue weighted by Crippen LogP contribution is 2.25. The molecule has 0 aromatic heterocycles. The van der Waals surface area contributed by atoms with Crippen LogP contribution in [-0.2, 0) is 56.2 Å². The molecule has 2 aliphatic heterocycles. The van der Waals surface area contributed by atoms with Crippen LogP contribution in [0, 0.1) is 0 Å². The van der Waals surface area contributed by atoms with Crippen molar-refractivity contribution < 1.29 is 46.5 Å². The second kappa shape index (κ2) is 25.7. The summed E-state index contributed by atoms with van der Waals surface area (Å²) in [5, 5.41) is 11.0. The summed E-state index contributed by atoms with van der Waals surface area (Å²) in [5.74, 6) is 0.127. The molecule has 0 spiro atoms. The Labute approximate surface area is 393 Å². The zero-order valence-corrected chi connectivity index (χ0v) is 38.5. The maximum atomic E-state index is 13.1. The van der Waals surface area contributed by atoms with E-state index in [0.29, 0.717) is 69.9 Å². The number of ether oxygens (including phenoxy) is 4. The topological polar surface area (TPSA) is 187 Å². The van der Waals surface area contributed by atoms with Gasteiger partial charge in [-0.1, -0.05) is 91.0 Å². The lowest BCUT2D eigenvalue weighted by Gasteiger charge is -2.24.